The Morgan fingerprint density at radius 3 is 2.71 bits per heavy atom. The number of ketones is 1. The summed E-state index contributed by atoms with van der Waals surface area (Å²) in [6, 6.07) is 5.38. The lowest BCUT2D eigenvalue weighted by Gasteiger charge is -2.20. The van der Waals surface area contributed by atoms with Crippen molar-refractivity contribution in [2.75, 3.05) is 6.61 Å². The molecule has 17 heavy (non-hydrogen) atoms. The molecule has 0 spiro atoms. The van der Waals surface area contributed by atoms with Gasteiger partial charge >= 0.3 is 0 Å². The predicted molar refractivity (Wildman–Crippen MR) is 67.6 cm³/mol. The number of Topliss-reactive ketones (excluding diaryl/α,β-unsaturated/α-hetero) is 1. The van der Waals surface area contributed by atoms with Gasteiger partial charge in [-0.2, -0.15) is 0 Å². The van der Waals surface area contributed by atoms with E-state index in [9.17, 15) is 4.79 Å². The van der Waals surface area contributed by atoms with Crippen molar-refractivity contribution in [3.8, 4) is 5.75 Å². The molecular weight excluding hydrogens is 214 g/mol. The number of fused-ring (bicyclic) bond motifs is 1. The highest BCUT2D eigenvalue weighted by Crippen LogP contribution is 2.30. The van der Waals surface area contributed by atoms with E-state index >= 15 is 0 Å². The van der Waals surface area contributed by atoms with Crippen molar-refractivity contribution in [3.63, 3.8) is 0 Å². The minimum Gasteiger partial charge on any atom is -0.493 e. The van der Waals surface area contributed by atoms with Gasteiger partial charge in [0.2, 0.25) is 0 Å². The van der Waals surface area contributed by atoms with Crippen LogP contribution in [-0.4, -0.2) is 18.4 Å². The van der Waals surface area contributed by atoms with Gasteiger partial charge in [-0.25, -0.2) is 0 Å². The average Bonchev–Trinajstić information content (AvgIpc) is 2.39. The van der Waals surface area contributed by atoms with Crippen LogP contribution in [0.4, 0.5) is 0 Å². The second-order valence-corrected chi connectivity index (χ2v) is 5.57. The maximum absolute atomic E-state index is 12.1. The minimum absolute atomic E-state index is 0.0106. The van der Waals surface area contributed by atoms with E-state index in [1.54, 1.807) is 0 Å². The van der Waals surface area contributed by atoms with Crippen LogP contribution >= 0.6 is 0 Å². The Balaban J connectivity index is 2.49. The van der Waals surface area contributed by atoms with Gasteiger partial charge in [0, 0.05) is 6.42 Å². The van der Waals surface area contributed by atoms with Crippen LogP contribution in [0.2, 0.25) is 0 Å². The van der Waals surface area contributed by atoms with Crippen LogP contribution in [0.1, 0.15) is 43.1 Å². The summed E-state index contributed by atoms with van der Waals surface area (Å²) in [6.07, 6.45) is 0.582. The number of hydrogen-bond acceptors (Lipinski definition) is 3. The number of nitrogens with two attached hydrogens (primary N) is 1. The van der Waals surface area contributed by atoms with Gasteiger partial charge in [-0.1, -0.05) is 26.8 Å². The predicted octanol–water partition coefficient (Wildman–Crippen LogP) is 2.28. The second-order valence-electron chi connectivity index (χ2n) is 5.57. The van der Waals surface area contributed by atoms with Crippen molar-refractivity contribution in [1.82, 2.24) is 0 Å². The standard InChI is InChI=1S/C14H19NO2/c1-14(2,3)9-4-5-12-10(8-9)13(16)11(15)6-7-17-12/h4-5,8,11H,6-7,15H2,1-3H3/t11-/m0/s1. The first-order chi connectivity index (χ1) is 7.89. The number of ether oxygens (including phenoxy) is 1. The molecule has 0 bridgehead atoms. The summed E-state index contributed by atoms with van der Waals surface area (Å²) in [5, 5.41) is 0. The Morgan fingerprint density at radius 1 is 1.35 bits per heavy atom. The van der Waals surface area contributed by atoms with Gasteiger partial charge < -0.3 is 10.5 Å². The Kier molecular flexibility index (Phi) is 2.96. The summed E-state index contributed by atoms with van der Waals surface area (Å²) >= 11 is 0. The van der Waals surface area contributed by atoms with Gasteiger partial charge in [-0.15, -0.1) is 0 Å². The van der Waals surface area contributed by atoms with E-state index in [2.05, 4.69) is 20.8 Å². The fourth-order valence-corrected chi connectivity index (χ4v) is 1.94. The van der Waals surface area contributed by atoms with E-state index < -0.39 is 6.04 Å². The molecule has 1 aromatic rings. The van der Waals surface area contributed by atoms with E-state index in [0.29, 0.717) is 24.3 Å². The molecular formula is C14H19NO2. The minimum atomic E-state index is -0.438. The SMILES string of the molecule is CC(C)(C)c1ccc2c(c1)C(=O)[C@@H](N)CCO2. The molecule has 0 aromatic heterocycles. The Morgan fingerprint density at radius 2 is 2.06 bits per heavy atom. The molecule has 0 aliphatic carbocycles. The first-order valence-corrected chi connectivity index (χ1v) is 5.97. The quantitative estimate of drug-likeness (QED) is 0.748. The summed E-state index contributed by atoms with van der Waals surface area (Å²) in [5.74, 6) is 0.652. The summed E-state index contributed by atoms with van der Waals surface area (Å²) < 4.78 is 5.56. The molecule has 0 radical (unpaired) electrons. The van der Waals surface area contributed by atoms with E-state index in [4.69, 9.17) is 10.5 Å². The van der Waals surface area contributed by atoms with Crippen LogP contribution in [0.15, 0.2) is 18.2 Å². The highest BCUT2D eigenvalue weighted by Gasteiger charge is 2.25. The number of hydrogen-bond donors (Lipinski definition) is 1. The van der Waals surface area contributed by atoms with Crippen LogP contribution in [0, 0.1) is 0 Å². The monoisotopic (exact) mass is 233 g/mol. The lowest BCUT2D eigenvalue weighted by atomic mass is 9.85. The number of benzene rings is 1. The molecule has 0 fully saturated rings. The van der Waals surface area contributed by atoms with Crippen LogP contribution in [0.5, 0.6) is 5.75 Å². The molecule has 1 heterocycles. The van der Waals surface area contributed by atoms with E-state index in [1.807, 2.05) is 18.2 Å². The molecule has 0 unspecified atom stereocenters. The molecule has 1 aliphatic rings. The zero-order valence-corrected chi connectivity index (χ0v) is 10.6. The third-order valence-corrected chi connectivity index (χ3v) is 3.13. The average molecular weight is 233 g/mol. The molecule has 1 aliphatic heterocycles. The molecule has 0 amide bonds. The fourth-order valence-electron chi connectivity index (χ4n) is 1.94. The third-order valence-electron chi connectivity index (χ3n) is 3.13. The Hall–Kier alpha value is -1.35. The van der Waals surface area contributed by atoms with Gasteiger partial charge in [0.05, 0.1) is 18.2 Å². The van der Waals surface area contributed by atoms with Crippen molar-refractivity contribution in [3.05, 3.63) is 29.3 Å². The third kappa shape index (κ3) is 2.34. The van der Waals surface area contributed by atoms with Gasteiger partial charge in [0.25, 0.3) is 0 Å². The summed E-state index contributed by atoms with van der Waals surface area (Å²) in [6.45, 7) is 6.87. The first kappa shape index (κ1) is 12.1. The lowest BCUT2D eigenvalue weighted by Crippen LogP contribution is -2.30. The van der Waals surface area contributed by atoms with Crippen LogP contribution in [-0.2, 0) is 5.41 Å². The summed E-state index contributed by atoms with van der Waals surface area (Å²) in [7, 11) is 0. The lowest BCUT2D eigenvalue weighted by molar-refractivity contribution is 0.0960. The van der Waals surface area contributed by atoms with Gasteiger partial charge in [-0.05, 0) is 23.1 Å². The van der Waals surface area contributed by atoms with Crippen molar-refractivity contribution in [2.24, 2.45) is 5.73 Å². The molecule has 2 rings (SSSR count). The zero-order valence-electron chi connectivity index (χ0n) is 10.6. The van der Waals surface area contributed by atoms with Crippen LogP contribution < -0.4 is 10.5 Å². The molecule has 92 valence electrons. The van der Waals surface area contributed by atoms with Gasteiger partial charge in [0.15, 0.2) is 5.78 Å². The molecule has 3 heteroatoms. The van der Waals surface area contributed by atoms with Gasteiger partial charge in [0.1, 0.15) is 5.75 Å². The molecule has 0 saturated carbocycles. The fraction of sp³-hybridized carbons (Fsp3) is 0.500. The van der Waals surface area contributed by atoms with Crippen molar-refractivity contribution in [1.29, 1.82) is 0 Å². The van der Waals surface area contributed by atoms with E-state index in [1.165, 1.54) is 0 Å². The largest absolute Gasteiger partial charge is 0.493 e. The number of carbonyl (C=O) groups excluding carboxylic acids is 1. The van der Waals surface area contributed by atoms with E-state index in [-0.39, 0.29) is 11.2 Å². The van der Waals surface area contributed by atoms with Crippen molar-refractivity contribution < 1.29 is 9.53 Å². The number of rotatable bonds is 0. The highest BCUT2D eigenvalue weighted by atomic mass is 16.5. The summed E-state index contributed by atoms with van der Waals surface area (Å²) in [4.78, 5) is 12.1. The molecule has 1 atom stereocenters. The molecule has 3 nitrogen and oxygen atoms in total. The zero-order chi connectivity index (χ0) is 12.6. The normalized spacial score (nSPS) is 20.5. The van der Waals surface area contributed by atoms with Crippen molar-refractivity contribution in [2.45, 2.75) is 38.6 Å². The Labute approximate surface area is 102 Å². The topological polar surface area (TPSA) is 52.3 Å². The maximum Gasteiger partial charge on any atom is 0.183 e. The highest BCUT2D eigenvalue weighted by molar-refractivity contribution is 6.02. The molecule has 2 N–H and O–H groups in total. The van der Waals surface area contributed by atoms with Crippen LogP contribution in [0.3, 0.4) is 0 Å². The van der Waals surface area contributed by atoms with Gasteiger partial charge in [-0.3, -0.25) is 4.79 Å². The summed E-state index contributed by atoms with van der Waals surface area (Å²) in [5.41, 5.74) is 7.60. The second kappa shape index (κ2) is 4.15. The van der Waals surface area contributed by atoms with E-state index in [0.717, 1.165) is 5.56 Å². The molecule has 1 aromatic carbocycles. The first-order valence-electron chi connectivity index (χ1n) is 5.97. The van der Waals surface area contributed by atoms with Crippen LogP contribution in [0.25, 0.3) is 0 Å². The Bertz CT molecular complexity index is 446. The number of carbonyl (C=O) groups is 1. The van der Waals surface area contributed by atoms with Crippen molar-refractivity contribution >= 4 is 5.78 Å². The maximum atomic E-state index is 12.1. The smallest absolute Gasteiger partial charge is 0.183 e. The molecule has 0 saturated heterocycles.